The zero-order valence-corrected chi connectivity index (χ0v) is 20.9. The number of imidazole rings is 1. The van der Waals surface area contributed by atoms with Gasteiger partial charge in [0.15, 0.2) is 21.4 Å². The lowest BCUT2D eigenvalue weighted by Gasteiger charge is -2.20. The summed E-state index contributed by atoms with van der Waals surface area (Å²) in [6, 6.07) is 8.70. The molecule has 0 aliphatic heterocycles. The topological polar surface area (TPSA) is 134 Å². The molecule has 4 aromatic rings. The molecule has 0 aliphatic carbocycles. The van der Waals surface area contributed by atoms with Crippen molar-refractivity contribution in [2.24, 2.45) is 7.05 Å². The van der Waals surface area contributed by atoms with Gasteiger partial charge < -0.3 is 23.6 Å². The number of para-hydroxylation sites is 1. The van der Waals surface area contributed by atoms with E-state index in [9.17, 15) is 13.5 Å². The van der Waals surface area contributed by atoms with Crippen LogP contribution in [0.3, 0.4) is 0 Å². The van der Waals surface area contributed by atoms with Gasteiger partial charge in [-0.05, 0) is 38.1 Å². The largest absolute Gasteiger partial charge is 0.494 e. The summed E-state index contributed by atoms with van der Waals surface area (Å²) in [5.41, 5.74) is 0.425. The summed E-state index contributed by atoms with van der Waals surface area (Å²) in [6.45, 7) is 3.23. The Morgan fingerprint density at radius 1 is 1.11 bits per heavy atom. The Bertz CT molecular complexity index is 1420. The third-order valence-corrected chi connectivity index (χ3v) is 7.83. The molecule has 0 aliphatic rings. The van der Waals surface area contributed by atoms with E-state index in [1.165, 1.54) is 27.3 Å². The molecule has 1 N–H and O–H groups in total. The first kappa shape index (κ1) is 24.5. The van der Waals surface area contributed by atoms with Crippen molar-refractivity contribution < 1.29 is 27.4 Å². The van der Waals surface area contributed by atoms with Gasteiger partial charge in [0.05, 0.1) is 19.5 Å². The molecule has 2 atom stereocenters. The number of aliphatic hydroxyl groups excluding tert-OH is 1. The maximum Gasteiger partial charge on any atom is 0.204 e. The monoisotopic (exact) mass is 501 g/mol. The lowest BCUT2D eigenvalue weighted by atomic mass is 10.2. The van der Waals surface area contributed by atoms with Crippen LogP contribution in [0.25, 0.3) is 17.3 Å². The predicted octanol–water partition coefficient (Wildman–Crippen LogP) is 2.62. The summed E-state index contributed by atoms with van der Waals surface area (Å²) in [5.74, 6) is 2.03. The lowest BCUT2D eigenvalue weighted by molar-refractivity contribution is 0.162. The second-order valence-electron chi connectivity index (χ2n) is 8.05. The summed E-state index contributed by atoms with van der Waals surface area (Å²) in [7, 11) is 0.762. The van der Waals surface area contributed by atoms with Gasteiger partial charge in [0.25, 0.3) is 0 Å². The smallest absolute Gasteiger partial charge is 0.204 e. The van der Waals surface area contributed by atoms with Crippen LogP contribution in [0.4, 0.5) is 0 Å². The number of nitrogens with zero attached hydrogens (tertiary/aromatic N) is 5. The predicted molar refractivity (Wildman–Crippen MR) is 127 cm³/mol. The average molecular weight is 502 g/mol. The zero-order chi connectivity index (χ0) is 25.3. The number of aliphatic hydroxyl groups is 1. The highest BCUT2D eigenvalue weighted by atomic mass is 32.2. The molecule has 35 heavy (non-hydrogen) atoms. The van der Waals surface area contributed by atoms with Gasteiger partial charge in [-0.1, -0.05) is 6.07 Å². The van der Waals surface area contributed by atoms with Crippen molar-refractivity contribution in [3.63, 3.8) is 0 Å². The Morgan fingerprint density at radius 3 is 2.34 bits per heavy atom. The van der Waals surface area contributed by atoms with Crippen molar-refractivity contribution in [3.05, 3.63) is 60.1 Å². The summed E-state index contributed by atoms with van der Waals surface area (Å²) in [5, 5.41) is 18.0. The normalized spacial score (nSPS) is 13.5. The van der Waals surface area contributed by atoms with E-state index in [-0.39, 0.29) is 17.5 Å². The molecule has 0 saturated heterocycles. The van der Waals surface area contributed by atoms with Crippen molar-refractivity contribution in [3.8, 4) is 28.8 Å². The Hall–Kier alpha value is -3.64. The van der Waals surface area contributed by atoms with Crippen LogP contribution >= 0.6 is 0 Å². The minimum atomic E-state index is -3.93. The fourth-order valence-corrected chi connectivity index (χ4v) is 5.12. The van der Waals surface area contributed by atoms with E-state index < -0.39 is 26.9 Å². The molecule has 12 heteroatoms. The van der Waals surface area contributed by atoms with Crippen molar-refractivity contribution in [1.29, 1.82) is 0 Å². The molecule has 0 fully saturated rings. The molecule has 0 unspecified atom stereocenters. The standard InChI is InChI=1S/C23H27N5O6S/c1-14-9-10-18(34-14)22-26-25-19(28(22)20-16(32-4)7-6-8-17(20)33-5)13-35(30,31)15(2)21(29)23-24-11-12-27(23)3/h6-12,15,21,29H,13H2,1-5H3/t15-,21-/m0/s1. The first-order chi connectivity index (χ1) is 16.7. The first-order valence-electron chi connectivity index (χ1n) is 10.8. The van der Waals surface area contributed by atoms with Gasteiger partial charge in [-0.2, -0.15) is 0 Å². The second-order valence-corrected chi connectivity index (χ2v) is 10.4. The van der Waals surface area contributed by atoms with Gasteiger partial charge in [0.1, 0.15) is 40.6 Å². The SMILES string of the molecule is COc1cccc(OC)c1-n1c(CS(=O)(=O)[C@@H](C)[C@H](O)c2nccn2C)nnc1-c1ccc(C)o1. The molecule has 186 valence electrons. The fourth-order valence-electron chi connectivity index (χ4n) is 3.79. The van der Waals surface area contributed by atoms with Crippen LogP contribution < -0.4 is 9.47 Å². The highest BCUT2D eigenvalue weighted by Crippen LogP contribution is 2.37. The Morgan fingerprint density at radius 2 is 1.80 bits per heavy atom. The van der Waals surface area contributed by atoms with Gasteiger partial charge >= 0.3 is 0 Å². The highest BCUT2D eigenvalue weighted by molar-refractivity contribution is 7.91. The number of sulfone groups is 1. The molecule has 1 aromatic carbocycles. The van der Waals surface area contributed by atoms with Gasteiger partial charge in [-0.15, -0.1) is 10.2 Å². The van der Waals surface area contributed by atoms with E-state index in [0.717, 1.165) is 0 Å². The Kier molecular flexibility index (Phi) is 6.68. The Balaban J connectivity index is 1.84. The second kappa shape index (κ2) is 9.55. The van der Waals surface area contributed by atoms with Crippen LogP contribution in [-0.2, 0) is 22.6 Å². The molecule has 11 nitrogen and oxygen atoms in total. The van der Waals surface area contributed by atoms with Crippen LogP contribution in [-0.4, -0.2) is 57.3 Å². The van der Waals surface area contributed by atoms with E-state index >= 15 is 0 Å². The van der Waals surface area contributed by atoms with Gasteiger partial charge in [-0.3, -0.25) is 4.57 Å². The summed E-state index contributed by atoms with van der Waals surface area (Å²) in [6.07, 6.45) is 1.81. The molecular weight excluding hydrogens is 474 g/mol. The van der Waals surface area contributed by atoms with Crippen molar-refractivity contribution in [2.45, 2.75) is 31.0 Å². The number of benzene rings is 1. The third kappa shape index (κ3) is 4.54. The van der Waals surface area contributed by atoms with Gasteiger partial charge in [-0.25, -0.2) is 13.4 Å². The molecule has 0 saturated carbocycles. The molecular formula is C23H27N5O6S. The number of rotatable bonds is 9. The van der Waals surface area contributed by atoms with Gasteiger partial charge in [0.2, 0.25) is 5.82 Å². The van der Waals surface area contributed by atoms with Crippen molar-refractivity contribution in [1.82, 2.24) is 24.3 Å². The fraction of sp³-hybridized carbons (Fsp3) is 0.348. The summed E-state index contributed by atoms with van der Waals surface area (Å²) >= 11 is 0. The maximum absolute atomic E-state index is 13.4. The zero-order valence-electron chi connectivity index (χ0n) is 20.0. The molecule has 0 amide bonds. The van der Waals surface area contributed by atoms with Crippen LogP contribution in [0.15, 0.2) is 47.1 Å². The molecule has 3 heterocycles. The number of hydrogen-bond acceptors (Lipinski definition) is 9. The molecule has 0 spiro atoms. The number of methoxy groups -OCH3 is 2. The summed E-state index contributed by atoms with van der Waals surface area (Å²) < 4.78 is 46.9. The van der Waals surface area contributed by atoms with Gasteiger partial charge in [0, 0.05) is 19.4 Å². The molecule has 0 radical (unpaired) electrons. The quantitative estimate of drug-likeness (QED) is 0.367. The van der Waals surface area contributed by atoms with E-state index in [1.807, 2.05) is 0 Å². The number of aryl methyl sites for hydroxylation is 2. The molecule has 3 aromatic heterocycles. The van der Waals surface area contributed by atoms with E-state index in [1.54, 1.807) is 59.6 Å². The maximum atomic E-state index is 13.4. The number of ether oxygens (including phenoxy) is 2. The van der Waals surface area contributed by atoms with E-state index in [4.69, 9.17) is 13.9 Å². The van der Waals surface area contributed by atoms with E-state index in [2.05, 4.69) is 15.2 Å². The van der Waals surface area contributed by atoms with Crippen LogP contribution in [0.5, 0.6) is 11.5 Å². The number of hydrogen-bond donors (Lipinski definition) is 1. The van der Waals surface area contributed by atoms with Crippen molar-refractivity contribution >= 4 is 9.84 Å². The molecule has 0 bridgehead atoms. The molecule has 4 rings (SSSR count). The van der Waals surface area contributed by atoms with Crippen LogP contribution in [0, 0.1) is 6.92 Å². The first-order valence-corrected chi connectivity index (χ1v) is 12.5. The summed E-state index contributed by atoms with van der Waals surface area (Å²) in [4.78, 5) is 4.08. The minimum absolute atomic E-state index is 0.107. The number of aromatic nitrogens is 5. The average Bonchev–Trinajstić information content (AvgIpc) is 3.57. The number of furan rings is 1. The Labute approximate surface area is 202 Å². The van der Waals surface area contributed by atoms with Crippen LogP contribution in [0.1, 0.15) is 30.4 Å². The lowest BCUT2D eigenvalue weighted by Crippen LogP contribution is -2.29. The third-order valence-electron chi connectivity index (χ3n) is 5.78. The van der Waals surface area contributed by atoms with Crippen LogP contribution in [0.2, 0.25) is 0 Å². The minimum Gasteiger partial charge on any atom is -0.494 e. The highest BCUT2D eigenvalue weighted by Gasteiger charge is 2.34. The van der Waals surface area contributed by atoms with Crippen molar-refractivity contribution in [2.75, 3.05) is 14.2 Å². The van der Waals surface area contributed by atoms with E-state index in [0.29, 0.717) is 28.7 Å².